The standard InChI is InChI=1S/C16H15ClN2O4/c1-22-14-7-19-15(17)5-12(14)11-4-9(8-23-10-2-3-10)18-6-13(11)16(20)21/h4-7,10H,2-3,8H2,1H3,(H,20,21). The molecule has 1 saturated carbocycles. The van der Waals surface area contributed by atoms with Crippen molar-refractivity contribution in [2.24, 2.45) is 0 Å². The Morgan fingerprint density at radius 3 is 2.74 bits per heavy atom. The lowest BCUT2D eigenvalue weighted by Gasteiger charge is -2.12. The molecule has 1 aliphatic rings. The fourth-order valence-corrected chi connectivity index (χ4v) is 2.36. The van der Waals surface area contributed by atoms with Crippen LogP contribution in [0.3, 0.4) is 0 Å². The van der Waals surface area contributed by atoms with E-state index in [2.05, 4.69) is 9.97 Å². The molecule has 0 radical (unpaired) electrons. The number of aromatic carboxylic acids is 1. The molecule has 0 atom stereocenters. The molecule has 6 nitrogen and oxygen atoms in total. The Balaban J connectivity index is 2.05. The van der Waals surface area contributed by atoms with Crippen LogP contribution in [0.2, 0.25) is 5.15 Å². The van der Waals surface area contributed by atoms with Crippen molar-refractivity contribution in [1.29, 1.82) is 0 Å². The van der Waals surface area contributed by atoms with Crippen LogP contribution in [0.5, 0.6) is 5.75 Å². The Morgan fingerprint density at radius 2 is 2.09 bits per heavy atom. The number of aromatic nitrogens is 2. The van der Waals surface area contributed by atoms with Crippen LogP contribution in [-0.4, -0.2) is 34.3 Å². The van der Waals surface area contributed by atoms with Gasteiger partial charge in [-0.2, -0.15) is 0 Å². The summed E-state index contributed by atoms with van der Waals surface area (Å²) in [5.41, 5.74) is 1.76. The Labute approximate surface area is 138 Å². The molecule has 2 aromatic heterocycles. The van der Waals surface area contributed by atoms with E-state index < -0.39 is 5.97 Å². The van der Waals surface area contributed by atoms with Crippen molar-refractivity contribution in [3.8, 4) is 16.9 Å². The van der Waals surface area contributed by atoms with Crippen molar-refractivity contribution in [2.75, 3.05) is 7.11 Å². The maximum absolute atomic E-state index is 11.5. The third-order valence-corrected chi connectivity index (χ3v) is 3.73. The van der Waals surface area contributed by atoms with Gasteiger partial charge < -0.3 is 14.6 Å². The van der Waals surface area contributed by atoms with E-state index in [-0.39, 0.29) is 10.7 Å². The van der Waals surface area contributed by atoms with Crippen molar-refractivity contribution in [3.05, 3.63) is 40.9 Å². The molecular formula is C16H15ClN2O4. The maximum atomic E-state index is 11.5. The minimum Gasteiger partial charge on any atom is -0.494 e. The summed E-state index contributed by atoms with van der Waals surface area (Å²) < 4.78 is 10.9. The smallest absolute Gasteiger partial charge is 0.337 e. The van der Waals surface area contributed by atoms with Crippen molar-refractivity contribution >= 4 is 17.6 Å². The SMILES string of the molecule is COc1cnc(Cl)cc1-c1cc(COC2CC2)ncc1C(=O)O. The molecule has 0 aliphatic heterocycles. The summed E-state index contributed by atoms with van der Waals surface area (Å²) >= 11 is 5.95. The van der Waals surface area contributed by atoms with Gasteiger partial charge in [-0.3, -0.25) is 4.98 Å². The molecule has 0 spiro atoms. The average Bonchev–Trinajstić information content (AvgIpc) is 3.36. The monoisotopic (exact) mass is 334 g/mol. The van der Waals surface area contributed by atoms with Gasteiger partial charge in [0.25, 0.3) is 0 Å². The van der Waals surface area contributed by atoms with Gasteiger partial charge in [0.05, 0.1) is 37.3 Å². The van der Waals surface area contributed by atoms with E-state index in [9.17, 15) is 9.90 Å². The number of carboxylic acids is 1. The van der Waals surface area contributed by atoms with E-state index in [1.165, 1.54) is 19.5 Å². The number of pyridine rings is 2. The highest BCUT2D eigenvalue weighted by molar-refractivity contribution is 6.29. The fourth-order valence-electron chi connectivity index (χ4n) is 2.20. The number of hydrogen-bond acceptors (Lipinski definition) is 5. The van der Waals surface area contributed by atoms with Crippen LogP contribution in [0.1, 0.15) is 28.9 Å². The van der Waals surface area contributed by atoms with Gasteiger partial charge in [-0.05, 0) is 25.0 Å². The first-order chi connectivity index (χ1) is 11.1. The van der Waals surface area contributed by atoms with Crippen molar-refractivity contribution in [2.45, 2.75) is 25.6 Å². The number of hydrogen-bond donors (Lipinski definition) is 1. The Kier molecular flexibility index (Phi) is 4.45. The predicted molar refractivity (Wildman–Crippen MR) is 83.8 cm³/mol. The molecule has 120 valence electrons. The first kappa shape index (κ1) is 15.7. The van der Waals surface area contributed by atoms with Gasteiger partial charge in [-0.1, -0.05) is 11.6 Å². The topological polar surface area (TPSA) is 81.5 Å². The maximum Gasteiger partial charge on any atom is 0.337 e. The summed E-state index contributed by atoms with van der Waals surface area (Å²) in [6.07, 6.45) is 5.22. The largest absolute Gasteiger partial charge is 0.494 e. The quantitative estimate of drug-likeness (QED) is 0.817. The molecular weight excluding hydrogens is 320 g/mol. The first-order valence-corrected chi connectivity index (χ1v) is 7.50. The molecule has 23 heavy (non-hydrogen) atoms. The summed E-state index contributed by atoms with van der Waals surface area (Å²) in [6.45, 7) is 0.346. The third-order valence-electron chi connectivity index (χ3n) is 3.53. The molecule has 3 rings (SSSR count). The van der Waals surface area contributed by atoms with Crippen molar-refractivity contribution < 1.29 is 19.4 Å². The molecule has 0 unspecified atom stereocenters. The fraction of sp³-hybridized carbons (Fsp3) is 0.312. The van der Waals surface area contributed by atoms with Crippen molar-refractivity contribution in [1.82, 2.24) is 9.97 Å². The third kappa shape index (κ3) is 3.60. The number of halogens is 1. The second-order valence-electron chi connectivity index (χ2n) is 5.24. The Bertz CT molecular complexity index is 747. The number of nitrogens with zero attached hydrogens (tertiary/aromatic N) is 2. The van der Waals surface area contributed by atoms with Crippen LogP contribution in [-0.2, 0) is 11.3 Å². The Hall–Kier alpha value is -2.18. The minimum atomic E-state index is -1.07. The zero-order valence-corrected chi connectivity index (χ0v) is 13.2. The van der Waals surface area contributed by atoms with Crippen LogP contribution in [0.4, 0.5) is 0 Å². The molecule has 7 heteroatoms. The normalized spacial score (nSPS) is 13.8. The summed E-state index contributed by atoms with van der Waals surface area (Å²) in [6, 6.07) is 3.27. The van der Waals surface area contributed by atoms with Gasteiger partial charge in [0, 0.05) is 17.3 Å². The molecule has 0 bridgehead atoms. The zero-order valence-electron chi connectivity index (χ0n) is 12.5. The van der Waals surface area contributed by atoms with Gasteiger partial charge in [-0.25, -0.2) is 9.78 Å². The van der Waals surface area contributed by atoms with E-state index in [1.807, 2.05) is 0 Å². The number of carbonyl (C=O) groups is 1. The average molecular weight is 335 g/mol. The lowest BCUT2D eigenvalue weighted by molar-refractivity contribution is 0.0696. The van der Waals surface area contributed by atoms with Gasteiger partial charge in [0.2, 0.25) is 0 Å². The Morgan fingerprint density at radius 1 is 1.30 bits per heavy atom. The molecule has 2 aromatic rings. The summed E-state index contributed by atoms with van der Waals surface area (Å²) in [5.74, 6) is -0.630. The van der Waals surface area contributed by atoms with E-state index in [0.29, 0.717) is 35.3 Å². The highest BCUT2D eigenvalue weighted by Gasteiger charge is 2.23. The lowest BCUT2D eigenvalue weighted by Crippen LogP contribution is -2.05. The molecule has 1 fully saturated rings. The number of methoxy groups -OCH3 is 1. The minimum absolute atomic E-state index is 0.0701. The first-order valence-electron chi connectivity index (χ1n) is 7.12. The lowest BCUT2D eigenvalue weighted by atomic mass is 10.0. The van der Waals surface area contributed by atoms with Gasteiger partial charge in [-0.15, -0.1) is 0 Å². The van der Waals surface area contributed by atoms with Crippen LogP contribution < -0.4 is 4.74 Å². The summed E-state index contributed by atoms with van der Waals surface area (Å²) in [7, 11) is 1.49. The molecule has 0 amide bonds. The van der Waals surface area contributed by atoms with Crippen LogP contribution in [0, 0.1) is 0 Å². The summed E-state index contributed by atoms with van der Waals surface area (Å²) in [4.78, 5) is 19.6. The van der Waals surface area contributed by atoms with Crippen molar-refractivity contribution in [3.63, 3.8) is 0 Å². The molecule has 1 aliphatic carbocycles. The van der Waals surface area contributed by atoms with Gasteiger partial charge in [0.1, 0.15) is 10.9 Å². The molecule has 0 aromatic carbocycles. The van der Waals surface area contributed by atoms with E-state index >= 15 is 0 Å². The predicted octanol–water partition coefficient (Wildman–Crippen LogP) is 3.18. The number of rotatable bonds is 6. The van der Waals surface area contributed by atoms with Crippen LogP contribution in [0.15, 0.2) is 24.5 Å². The second kappa shape index (κ2) is 6.52. The van der Waals surface area contributed by atoms with Gasteiger partial charge in [0.15, 0.2) is 0 Å². The van der Waals surface area contributed by atoms with Gasteiger partial charge >= 0.3 is 5.97 Å². The van der Waals surface area contributed by atoms with E-state index in [0.717, 1.165) is 12.8 Å². The van der Waals surface area contributed by atoms with Crippen LogP contribution in [0.25, 0.3) is 11.1 Å². The molecule has 0 saturated heterocycles. The second-order valence-corrected chi connectivity index (χ2v) is 5.63. The van der Waals surface area contributed by atoms with E-state index in [1.54, 1.807) is 12.1 Å². The van der Waals surface area contributed by atoms with E-state index in [4.69, 9.17) is 21.1 Å². The van der Waals surface area contributed by atoms with Crippen LogP contribution >= 0.6 is 11.6 Å². The highest BCUT2D eigenvalue weighted by atomic mass is 35.5. The number of ether oxygens (including phenoxy) is 2. The zero-order chi connectivity index (χ0) is 16.4. The summed E-state index contributed by atoms with van der Waals surface area (Å²) in [5, 5.41) is 9.67. The molecule has 2 heterocycles. The highest BCUT2D eigenvalue weighted by Crippen LogP contribution is 2.34. The number of carboxylic acid groups (broad SMARTS) is 1. The molecule has 1 N–H and O–H groups in total.